The first kappa shape index (κ1) is 17.4. The number of Topliss-reactive ketones (excluding diaryl/α,β-unsaturated/α-hetero) is 1. The Morgan fingerprint density at radius 3 is 2.30 bits per heavy atom. The Morgan fingerprint density at radius 1 is 0.889 bits per heavy atom. The van der Waals surface area contributed by atoms with Crippen LogP contribution in [0.25, 0.3) is 0 Å². The van der Waals surface area contributed by atoms with Gasteiger partial charge in [0.15, 0.2) is 5.78 Å². The molecular weight excluding hydrogens is 367 g/mol. The maximum Gasteiger partial charge on any atom is 0.229 e. The van der Waals surface area contributed by atoms with E-state index in [1.807, 2.05) is 12.1 Å². The molecular formula is C20H16ClFN4O. The molecule has 0 aliphatic heterocycles. The van der Waals surface area contributed by atoms with E-state index in [9.17, 15) is 9.18 Å². The first-order valence-electron chi connectivity index (χ1n) is 8.58. The van der Waals surface area contributed by atoms with Crippen LogP contribution in [0.15, 0.2) is 48.5 Å². The number of anilines is 4. The fraction of sp³-hybridized carbons (Fsp3) is 0.150. The summed E-state index contributed by atoms with van der Waals surface area (Å²) in [7, 11) is 0. The summed E-state index contributed by atoms with van der Waals surface area (Å²) in [6, 6.07) is 13.1. The van der Waals surface area contributed by atoms with Crippen molar-refractivity contribution in [2.75, 3.05) is 10.6 Å². The van der Waals surface area contributed by atoms with Gasteiger partial charge >= 0.3 is 0 Å². The summed E-state index contributed by atoms with van der Waals surface area (Å²) < 4.78 is 13.1. The third kappa shape index (κ3) is 3.90. The summed E-state index contributed by atoms with van der Waals surface area (Å²) in [5.74, 6) is 0.520. The minimum absolute atomic E-state index is 0.0287. The molecule has 0 spiro atoms. The second kappa shape index (κ2) is 7.32. The van der Waals surface area contributed by atoms with Gasteiger partial charge in [0.1, 0.15) is 11.6 Å². The van der Waals surface area contributed by atoms with Gasteiger partial charge in [-0.05, 0) is 61.4 Å². The number of rotatable bonds is 4. The molecule has 0 unspecified atom stereocenters. The highest BCUT2D eigenvalue weighted by molar-refractivity contribution is 6.30. The van der Waals surface area contributed by atoms with Crippen molar-refractivity contribution in [3.63, 3.8) is 0 Å². The standard InChI is InChI=1S/C20H16ClFN4O/c21-12-4-8-14(9-5-12)23-19-18-16(2-1-3-17(18)27)25-20(26-19)24-15-10-6-13(22)7-11-15/h4-11H,1-3H2,(H2,23,24,25,26). The number of halogens is 2. The average molecular weight is 383 g/mol. The molecule has 0 radical (unpaired) electrons. The van der Waals surface area contributed by atoms with Crippen molar-refractivity contribution < 1.29 is 9.18 Å². The highest BCUT2D eigenvalue weighted by atomic mass is 35.5. The molecule has 0 saturated carbocycles. The maximum atomic E-state index is 13.1. The van der Waals surface area contributed by atoms with Crippen molar-refractivity contribution in [1.82, 2.24) is 9.97 Å². The number of fused-ring (bicyclic) bond motifs is 1. The van der Waals surface area contributed by atoms with Crippen molar-refractivity contribution >= 4 is 40.5 Å². The first-order chi connectivity index (χ1) is 13.1. The molecule has 2 N–H and O–H groups in total. The van der Waals surface area contributed by atoms with Gasteiger partial charge in [-0.3, -0.25) is 4.79 Å². The second-order valence-electron chi connectivity index (χ2n) is 6.26. The molecule has 1 heterocycles. The number of nitrogens with one attached hydrogen (secondary N) is 2. The van der Waals surface area contributed by atoms with E-state index in [1.165, 1.54) is 12.1 Å². The molecule has 4 rings (SSSR count). The monoisotopic (exact) mass is 382 g/mol. The summed E-state index contributed by atoms with van der Waals surface area (Å²) in [6.45, 7) is 0. The third-order valence-electron chi connectivity index (χ3n) is 4.29. The number of carbonyl (C=O) groups excluding carboxylic acids is 1. The molecule has 0 bridgehead atoms. The first-order valence-corrected chi connectivity index (χ1v) is 8.95. The topological polar surface area (TPSA) is 66.9 Å². The van der Waals surface area contributed by atoms with Gasteiger partial charge in [0, 0.05) is 22.8 Å². The second-order valence-corrected chi connectivity index (χ2v) is 6.69. The van der Waals surface area contributed by atoms with Crippen LogP contribution in [-0.2, 0) is 6.42 Å². The van der Waals surface area contributed by atoms with Crippen molar-refractivity contribution in [1.29, 1.82) is 0 Å². The van der Waals surface area contributed by atoms with Crippen LogP contribution in [0.1, 0.15) is 28.9 Å². The maximum absolute atomic E-state index is 13.1. The molecule has 0 atom stereocenters. The van der Waals surface area contributed by atoms with Gasteiger partial charge in [-0.1, -0.05) is 11.6 Å². The van der Waals surface area contributed by atoms with Crippen LogP contribution < -0.4 is 10.6 Å². The summed E-state index contributed by atoms with van der Waals surface area (Å²) in [6.07, 6.45) is 1.95. The Bertz CT molecular complexity index is 990. The van der Waals surface area contributed by atoms with Gasteiger partial charge < -0.3 is 10.6 Å². The molecule has 0 amide bonds. The Labute approximate surface area is 160 Å². The lowest BCUT2D eigenvalue weighted by Gasteiger charge is -2.19. The normalized spacial score (nSPS) is 13.2. The summed E-state index contributed by atoms with van der Waals surface area (Å²) in [5, 5.41) is 6.89. The summed E-state index contributed by atoms with van der Waals surface area (Å²) >= 11 is 5.94. The fourth-order valence-electron chi connectivity index (χ4n) is 3.00. The van der Waals surface area contributed by atoms with Gasteiger partial charge in [0.05, 0.1) is 11.3 Å². The predicted octanol–water partition coefficient (Wildman–Crippen LogP) is 5.28. The number of aromatic nitrogens is 2. The number of nitrogens with zero attached hydrogens (tertiary/aromatic N) is 2. The average Bonchev–Trinajstić information content (AvgIpc) is 2.65. The molecule has 1 aliphatic rings. The third-order valence-corrected chi connectivity index (χ3v) is 4.54. The number of hydrogen-bond acceptors (Lipinski definition) is 5. The number of ketones is 1. The lowest BCUT2D eigenvalue weighted by molar-refractivity contribution is 0.0972. The van der Waals surface area contributed by atoms with Crippen molar-refractivity contribution in [3.05, 3.63) is 70.6 Å². The van der Waals surface area contributed by atoms with Gasteiger partial charge in [-0.2, -0.15) is 4.98 Å². The van der Waals surface area contributed by atoms with E-state index in [0.29, 0.717) is 46.6 Å². The van der Waals surface area contributed by atoms with Crippen LogP contribution in [-0.4, -0.2) is 15.8 Å². The zero-order valence-corrected chi connectivity index (χ0v) is 15.1. The van der Waals surface area contributed by atoms with E-state index in [4.69, 9.17) is 11.6 Å². The van der Waals surface area contributed by atoms with E-state index in [2.05, 4.69) is 20.6 Å². The number of aryl methyl sites for hydroxylation is 1. The van der Waals surface area contributed by atoms with Crippen molar-refractivity contribution in [2.45, 2.75) is 19.3 Å². The Morgan fingerprint density at radius 2 is 1.56 bits per heavy atom. The van der Waals surface area contributed by atoms with Gasteiger partial charge in [0.2, 0.25) is 5.95 Å². The molecule has 0 saturated heterocycles. The minimum Gasteiger partial charge on any atom is -0.339 e. The van der Waals surface area contributed by atoms with E-state index < -0.39 is 0 Å². The quantitative estimate of drug-likeness (QED) is 0.643. The molecule has 7 heteroatoms. The number of carbonyl (C=O) groups is 1. The van der Waals surface area contributed by atoms with Crippen LogP contribution in [0.3, 0.4) is 0 Å². The Hall–Kier alpha value is -2.99. The van der Waals surface area contributed by atoms with E-state index in [-0.39, 0.29) is 11.6 Å². The van der Waals surface area contributed by atoms with Crippen LogP contribution in [0.2, 0.25) is 5.02 Å². The van der Waals surface area contributed by atoms with Crippen molar-refractivity contribution in [2.24, 2.45) is 0 Å². The molecule has 27 heavy (non-hydrogen) atoms. The van der Waals surface area contributed by atoms with E-state index in [1.54, 1.807) is 24.3 Å². The lowest BCUT2D eigenvalue weighted by Crippen LogP contribution is -2.17. The van der Waals surface area contributed by atoms with Gasteiger partial charge in [0.25, 0.3) is 0 Å². The lowest BCUT2D eigenvalue weighted by atomic mass is 9.95. The Kier molecular flexibility index (Phi) is 4.73. The van der Waals surface area contributed by atoms with Gasteiger partial charge in [-0.25, -0.2) is 9.37 Å². The summed E-state index contributed by atoms with van der Waals surface area (Å²) in [4.78, 5) is 21.4. The number of benzene rings is 2. The van der Waals surface area contributed by atoms with Crippen LogP contribution in [0.4, 0.5) is 27.5 Å². The largest absolute Gasteiger partial charge is 0.339 e. The molecule has 136 valence electrons. The zero-order valence-electron chi connectivity index (χ0n) is 14.3. The van der Waals surface area contributed by atoms with E-state index in [0.717, 1.165) is 12.1 Å². The van der Waals surface area contributed by atoms with E-state index >= 15 is 0 Å². The zero-order chi connectivity index (χ0) is 18.8. The Balaban J connectivity index is 1.71. The van der Waals surface area contributed by atoms with Crippen LogP contribution in [0, 0.1) is 5.82 Å². The SMILES string of the molecule is O=C1CCCc2nc(Nc3ccc(F)cc3)nc(Nc3ccc(Cl)cc3)c21. The van der Waals surface area contributed by atoms with Crippen LogP contribution >= 0.6 is 11.6 Å². The highest BCUT2D eigenvalue weighted by Gasteiger charge is 2.24. The molecule has 1 aliphatic carbocycles. The smallest absolute Gasteiger partial charge is 0.229 e. The number of hydrogen-bond donors (Lipinski definition) is 2. The van der Waals surface area contributed by atoms with Crippen molar-refractivity contribution in [3.8, 4) is 0 Å². The molecule has 5 nitrogen and oxygen atoms in total. The molecule has 0 fully saturated rings. The molecule has 3 aromatic rings. The predicted molar refractivity (Wildman–Crippen MR) is 104 cm³/mol. The molecule has 2 aromatic carbocycles. The fourth-order valence-corrected chi connectivity index (χ4v) is 3.13. The minimum atomic E-state index is -0.317. The van der Waals surface area contributed by atoms with Gasteiger partial charge in [-0.15, -0.1) is 0 Å². The highest BCUT2D eigenvalue weighted by Crippen LogP contribution is 2.30. The summed E-state index contributed by atoms with van der Waals surface area (Å²) in [5.41, 5.74) is 2.67. The van der Waals surface area contributed by atoms with Crippen LogP contribution in [0.5, 0.6) is 0 Å². The molecule has 1 aromatic heterocycles.